The fraction of sp³-hybridized carbons (Fsp3) is 0.0769. The standard InChI is InChI=1S/C65H46N2S2/c1-41-16-5-4-14-37-68-60-36-29-43(38-51(41)60)42-27-30-44(31-28-42)66(45-32-34-49-47-17-6-8-19-52(47)64(2,3)56(49)39-45)46-33-35-50-48-18-7-9-20-53(48)65(57(50)40-46)54-21-10-11-23-58(54)67-59-24-12-13-25-61(59)69-62-26-15-22-55(65)63(62)67/h4-36,38-40H,1,37H2,2-3H3/b14-4-,16-5-. The Kier molecular flexibility index (Phi) is 8.97. The predicted molar refractivity (Wildman–Crippen MR) is 292 cm³/mol. The molecular weight excluding hydrogens is 873 g/mol. The maximum Gasteiger partial charge on any atom is 0.0755 e. The van der Waals surface area contributed by atoms with E-state index in [1.54, 1.807) is 0 Å². The first kappa shape index (κ1) is 40.6. The fourth-order valence-electron chi connectivity index (χ4n) is 12.2. The minimum Gasteiger partial charge on any atom is -0.310 e. The molecule has 1 spiro atoms. The van der Waals surface area contributed by atoms with Crippen LogP contribution in [0.25, 0.3) is 39.0 Å². The van der Waals surface area contributed by atoms with Gasteiger partial charge in [0, 0.05) is 42.9 Å². The predicted octanol–water partition coefficient (Wildman–Crippen LogP) is 18.0. The van der Waals surface area contributed by atoms with Crippen molar-refractivity contribution in [3.8, 4) is 33.4 Å². The first-order valence-corrected chi connectivity index (χ1v) is 25.7. The summed E-state index contributed by atoms with van der Waals surface area (Å²) in [6, 6.07) is 73.6. The van der Waals surface area contributed by atoms with Crippen molar-refractivity contribution < 1.29 is 0 Å². The van der Waals surface area contributed by atoms with Gasteiger partial charge in [-0.2, -0.15) is 0 Å². The lowest BCUT2D eigenvalue weighted by Gasteiger charge is -2.47. The molecule has 2 nitrogen and oxygen atoms in total. The van der Waals surface area contributed by atoms with Crippen molar-refractivity contribution in [2.75, 3.05) is 15.6 Å². The Morgan fingerprint density at radius 1 is 0.464 bits per heavy atom. The number of fused-ring (bicyclic) bond motifs is 15. The second-order valence-electron chi connectivity index (χ2n) is 19.2. The van der Waals surface area contributed by atoms with Crippen molar-refractivity contribution in [2.24, 2.45) is 0 Å². The monoisotopic (exact) mass is 918 g/mol. The SMILES string of the molecule is C=C1/C=C\C=C/CSc2ccc(-c3ccc(N(c4ccc5c(c4)C(C)(C)c4ccccc4-5)c4ccc5c(c4)C4(c6ccccc6-5)c5ccccc5N5c6ccccc6Sc6cccc4c65)cc3)cc21. The van der Waals surface area contributed by atoms with E-state index in [9.17, 15) is 0 Å². The van der Waals surface area contributed by atoms with Gasteiger partial charge in [-0.3, -0.25) is 0 Å². The van der Waals surface area contributed by atoms with Gasteiger partial charge in [0.2, 0.25) is 0 Å². The molecule has 3 aliphatic heterocycles. The number of hydrogen-bond donors (Lipinski definition) is 0. The van der Waals surface area contributed by atoms with Gasteiger partial charge in [0.25, 0.3) is 0 Å². The van der Waals surface area contributed by atoms with Gasteiger partial charge in [0.15, 0.2) is 0 Å². The summed E-state index contributed by atoms with van der Waals surface area (Å²) in [6.07, 6.45) is 8.54. The third-order valence-corrected chi connectivity index (χ3v) is 17.4. The average molecular weight is 919 g/mol. The highest BCUT2D eigenvalue weighted by atomic mass is 32.2. The molecule has 3 heterocycles. The van der Waals surface area contributed by atoms with E-state index in [2.05, 4.69) is 249 Å². The molecule has 9 aromatic carbocycles. The molecule has 1 atom stereocenters. The number of para-hydroxylation sites is 3. The summed E-state index contributed by atoms with van der Waals surface area (Å²) in [6.45, 7) is 9.21. The van der Waals surface area contributed by atoms with E-state index < -0.39 is 5.41 Å². The fourth-order valence-corrected chi connectivity index (χ4v) is 14.2. The van der Waals surface area contributed by atoms with Crippen LogP contribution in [0, 0.1) is 0 Å². The molecule has 0 radical (unpaired) electrons. The molecule has 328 valence electrons. The van der Waals surface area contributed by atoms with Crippen LogP contribution in [0.5, 0.6) is 0 Å². The highest BCUT2D eigenvalue weighted by Gasteiger charge is 2.53. The van der Waals surface area contributed by atoms with Crippen LogP contribution in [-0.4, -0.2) is 5.75 Å². The average Bonchev–Trinajstić information content (AvgIpc) is 3.84. The minimum atomic E-state index is -0.568. The lowest BCUT2D eigenvalue weighted by atomic mass is 9.64. The maximum atomic E-state index is 4.46. The molecule has 9 aromatic rings. The van der Waals surface area contributed by atoms with E-state index in [0.717, 1.165) is 28.4 Å². The molecule has 0 aromatic heterocycles. The van der Waals surface area contributed by atoms with Crippen LogP contribution < -0.4 is 9.80 Å². The van der Waals surface area contributed by atoms with Gasteiger partial charge < -0.3 is 9.80 Å². The lowest BCUT2D eigenvalue weighted by molar-refractivity contribution is 0.660. The zero-order valence-corrected chi connectivity index (χ0v) is 40.0. The van der Waals surface area contributed by atoms with Gasteiger partial charge in [-0.15, -0.1) is 11.8 Å². The number of hydrogen-bond acceptors (Lipinski definition) is 4. The van der Waals surface area contributed by atoms with Crippen LogP contribution in [0.3, 0.4) is 0 Å². The van der Waals surface area contributed by atoms with Crippen molar-refractivity contribution in [1.29, 1.82) is 0 Å². The lowest BCUT2D eigenvalue weighted by Crippen LogP contribution is -2.37. The normalized spacial score (nSPS) is 17.9. The van der Waals surface area contributed by atoms with Gasteiger partial charge in [-0.25, -0.2) is 0 Å². The first-order chi connectivity index (χ1) is 33.9. The third-order valence-electron chi connectivity index (χ3n) is 15.3. The number of anilines is 6. The van der Waals surface area contributed by atoms with E-state index in [4.69, 9.17) is 0 Å². The van der Waals surface area contributed by atoms with Crippen molar-refractivity contribution in [3.63, 3.8) is 0 Å². The van der Waals surface area contributed by atoms with E-state index in [0.29, 0.717) is 0 Å². The van der Waals surface area contributed by atoms with Crippen LogP contribution in [0.2, 0.25) is 0 Å². The molecule has 0 N–H and O–H groups in total. The summed E-state index contributed by atoms with van der Waals surface area (Å²) < 4.78 is 0. The smallest absolute Gasteiger partial charge is 0.0755 e. The Bertz CT molecular complexity index is 3720. The molecule has 2 aliphatic carbocycles. The third kappa shape index (κ3) is 5.83. The summed E-state index contributed by atoms with van der Waals surface area (Å²) >= 11 is 3.74. The molecule has 4 heteroatoms. The van der Waals surface area contributed by atoms with E-state index in [-0.39, 0.29) is 5.41 Å². The van der Waals surface area contributed by atoms with Crippen molar-refractivity contribution >= 4 is 63.2 Å². The number of thioether (sulfide) groups is 1. The summed E-state index contributed by atoms with van der Waals surface area (Å²) in [5, 5.41) is 0. The number of allylic oxidation sites excluding steroid dienone is 4. The molecule has 1 unspecified atom stereocenters. The molecule has 14 rings (SSSR count). The van der Waals surface area contributed by atoms with Gasteiger partial charge in [-0.1, -0.05) is 178 Å². The quantitative estimate of drug-likeness (QED) is 0.173. The molecular formula is C65H46N2S2. The van der Waals surface area contributed by atoms with Crippen molar-refractivity contribution in [2.45, 2.75) is 39.4 Å². The Morgan fingerprint density at radius 3 is 1.88 bits per heavy atom. The maximum absolute atomic E-state index is 4.46. The summed E-state index contributed by atoms with van der Waals surface area (Å²) in [5.74, 6) is 0.933. The molecule has 0 saturated heterocycles. The molecule has 0 saturated carbocycles. The van der Waals surface area contributed by atoms with Crippen LogP contribution in [0.1, 0.15) is 52.8 Å². The zero-order chi connectivity index (χ0) is 46.0. The first-order valence-electron chi connectivity index (χ1n) is 23.9. The summed E-state index contributed by atoms with van der Waals surface area (Å²) in [5.41, 5.74) is 24.1. The number of nitrogens with zero attached hydrogens (tertiary/aromatic N) is 2. The van der Waals surface area contributed by atoms with Crippen molar-refractivity contribution in [1.82, 2.24) is 0 Å². The highest BCUT2D eigenvalue weighted by molar-refractivity contribution is 8.00. The molecule has 69 heavy (non-hydrogen) atoms. The highest BCUT2D eigenvalue weighted by Crippen LogP contribution is 2.67. The van der Waals surface area contributed by atoms with Gasteiger partial charge in [-0.05, 0) is 151 Å². The van der Waals surface area contributed by atoms with E-state index >= 15 is 0 Å². The van der Waals surface area contributed by atoms with Crippen LogP contribution in [0.15, 0.2) is 240 Å². The second-order valence-corrected chi connectivity index (χ2v) is 21.4. The number of benzene rings is 9. The Balaban J connectivity index is 0.977. The van der Waals surface area contributed by atoms with Crippen LogP contribution in [-0.2, 0) is 10.8 Å². The van der Waals surface area contributed by atoms with Gasteiger partial charge in [0.1, 0.15) is 0 Å². The Labute approximate surface area is 413 Å². The minimum absolute atomic E-state index is 0.154. The van der Waals surface area contributed by atoms with Gasteiger partial charge >= 0.3 is 0 Å². The molecule has 5 aliphatic rings. The topological polar surface area (TPSA) is 6.48 Å². The largest absolute Gasteiger partial charge is 0.310 e. The molecule has 0 amide bonds. The second kappa shape index (κ2) is 15.3. The summed E-state index contributed by atoms with van der Waals surface area (Å²) in [7, 11) is 0. The van der Waals surface area contributed by atoms with Crippen LogP contribution >= 0.6 is 23.5 Å². The van der Waals surface area contributed by atoms with Crippen LogP contribution in [0.4, 0.5) is 34.1 Å². The van der Waals surface area contributed by atoms with E-state index in [1.807, 2.05) is 23.5 Å². The molecule has 0 bridgehead atoms. The number of rotatable bonds is 4. The van der Waals surface area contributed by atoms with E-state index in [1.165, 1.54) is 104 Å². The zero-order valence-electron chi connectivity index (χ0n) is 38.4. The molecule has 0 fully saturated rings. The van der Waals surface area contributed by atoms with Crippen molar-refractivity contribution in [3.05, 3.63) is 264 Å². The Hall–Kier alpha value is -7.50. The summed E-state index contributed by atoms with van der Waals surface area (Å²) in [4.78, 5) is 8.84. The van der Waals surface area contributed by atoms with Gasteiger partial charge in [0.05, 0.1) is 22.5 Å². The Morgan fingerprint density at radius 2 is 1.07 bits per heavy atom.